The molecule has 0 unspecified atom stereocenters. The molecular formula is C6H2Br2ClN3. The van der Waals surface area contributed by atoms with Crippen molar-refractivity contribution in [2.45, 2.75) is 0 Å². The third-order valence-electron chi connectivity index (χ3n) is 1.39. The first-order valence-electron chi connectivity index (χ1n) is 3.04. The van der Waals surface area contributed by atoms with Gasteiger partial charge in [-0.3, -0.25) is 5.10 Å². The standard InChI is InChI=1S/C6H2Br2ClN3/c7-2-1-3(9)10-5-4(2)11-12-6(5)8/h1H,(H,11,12). The van der Waals surface area contributed by atoms with Crippen LogP contribution in [0.15, 0.2) is 15.1 Å². The minimum absolute atomic E-state index is 0.441. The molecule has 0 saturated heterocycles. The van der Waals surface area contributed by atoms with Crippen LogP contribution in [0, 0.1) is 0 Å². The van der Waals surface area contributed by atoms with Crippen LogP contribution in [0.2, 0.25) is 5.15 Å². The third-order valence-corrected chi connectivity index (χ3v) is 2.74. The highest BCUT2D eigenvalue weighted by Gasteiger charge is 2.08. The minimum atomic E-state index is 0.441. The third kappa shape index (κ3) is 1.26. The fourth-order valence-corrected chi connectivity index (χ4v) is 2.08. The van der Waals surface area contributed by atoms with Crippen molar-refractivity contribution in [3.63, 3.8) is 0 Å². The van der Waals surface area contributed by atoms with E-state index in [9.17, 15) is 0 Å². The van der Waals surface area contributed by atoms with Gasteiger partial charge in [-0.05, 0) is 37.9 Å². The first-order chi connectivity index (χ1) is 5.68. The lowest BCUT2D eigenvalue weighted by Crippen LogP contribution is -1.78. The molecule has 2 aromatic heterocycles. The second kappa shape index (κ2) is 2.97. The Morgan fingerprint density at radius 2 is 2.08 bits per heavy atom. The van der Waals surface area contributed by atoms with E-state index in [1.807, 2.05) is 0 Å². The van der Waals surface area contributed by atoms with Crippen molar-refractivity contribution in [2.24, 2.45) is 0 Å². The molecule has 0 saturated carbocycles. The maximum absolute atomic E-state index is 5.75. The zero-order valence-corrected chi connectivity index (χ0v) is 9.53. The van der Waals surface area contributed by atoms with Gasteiger partial charge in [0.1, 0.15) is 20.8 Å². The predicted molar refractivity (Wildman–Crippen MR) is 54.3 cm³/mol. The summed E-state index contributed by atoms with van der Waals surface area (Å²) in [6.07, 6.45) is 0. The fraction of sp³-hybridized carbons (Fsp3) is 0. The molecule has 2 heterocycles. The molecule has 0 spiro atoms. The van der Waals surface area contributed by atoms with Crippen molar-refractivity contribution in [3.05, 3.63) is 20.3 Å². The Labute approximate surface area is 89.8 Å². The van der Waals surface area contributed by atoms with Gasteiger partial charge in [0.05, 0.1) is 4.47 Å². The topological polar surface area (TPSA) is 41.6 Å². The molecular weight excluding hydrogens is 309 g/mol. The second-order valence-electron chi connectivity index (χ2n) is 2.16. The summed E-state index contributed by atoms with van der Waals surface area (Å²) in [7, 11) is 0. The number of hydrogen-bond acceptors (Lipinski definition) is 2. The maximum Gasteiger partial charge on any atom is 0.131 e. The Balaban J connectivity index is 2.92. The number of pyridine rings is 1. The zero-order chi connectivity index (χ0) is 8.72. The SMILES string of the molecule is Clc1cc(Br)c2n[nH]c(Br)c2n1. The van der Waals surface area contributed by atoms with E-state index in [4.69, 9.17) is 11.6 Å². The highest BCUT2D eigenvalue weighted by atomic mass is 79.9. The van der Waals surface area contributed by atoms with Crippen LogP contribution in [0.25, 0.3) is 11.0 Å². The van der Waals surface area contributed by atoms with Crippen molar-refractivity contribution in [1.29, 1.82) is 0 Å². The molecule has 3 nitrogen and oxygen atoms in total. The summed E-state index contributed by atoms with van der Waals surface area (Å²) in [6, 6.07) is 1.71. The Morgan fingerprint density at radius 3 is 2.83 bits per heavy atom. The molecule has 2 rings (SSSR count). The van der Waals surface area contributed by atoms with Crippen LogP contribution >= 0.6 is 43.5 Å². The largest absolute Gasteiger partial charge is 0.269 e. The van der Waals surface area contributed by atoms with E-state index < -0.39 is 0 Å². The number of aromatic nitrogens is 3. The van der Waals surface area contributed by atoms with E-state index in [2.05, 4.69) is 47.0 Å². The highest BCUT2D eigenvalue weighted by Crippen LogP contribution is 2.27. The zero-order valence-electron chi connectivity index (χ0n) is 5.61. The van der Waals surface area contributed by atoms with Crippen LogP contribution in [0.1, 0.15) is 0 Å². The molecule has 0 bridgehead atoms. The van der Waals surface area contributed by atoms with E-state index in [1.165, 1.54) is 0 Å². The molecule has 0 fully saturated rings. The second-order valence-corrected chi connectivity index (χ2v) is 4.20. The number of rotatable bonds is 0. The summed E-state index contributed by atoms with van der Waals surface area (Å²) in [4.78, 5) is 4.09. The molecule has 0 aliphatic rings. The molecule has 62 valence electrons. The van der Waals surface area contributed by atoms with Crippen LogP contribution in [0.5, 0.6) is 0 Å². The molecule has 0 amide bonds. The fourth-order valence-electron chi connectivity index (χ4n) is 0.895. The van der Waals surface area contributed by atoms with Crippen molar-refractivity contribution >= 4 is 54.5 Å². The van der Waals surface area contributed by atoms with Gasteiger partial charge in [-0.25, -0.2) is 4.98 Å². The van der Waals surface area contributed by atoms with E-state index >= 15 is 0 Å². The number of halogens is 3. The molecule has 2 aromatic rings. The van der Waals surface area contributed by atoms with Gasteiger partial charge in [0.15, 0.2) is 0 Å². The van der Waals surface area contributed by atoms with E-state index in [0.717, 1.165) is 20.1 Å². The summed E-state index contributed by atoms with van der Waals surface area (Å²) in [5.41, 5.74) is 1.50. The van der Waals surface area contributed by atoms with E-state index in [0.29, 0.717) is 5.15 Å². The summed E-state index contributed by atoms with van der Waals surface area (Å²) >= 11 is 12.4. The minimum Gasteiger partial charge on any atom is -0.269 e. The molecule has 0 aliphatic carbocycles. The molecule has 6 heteroatoms. The van der Waals surface area contributed by atoms with E-state index in [-0.39, 0.29) is 0 Å². The van der Waals surface area contributed by atoms with Crippen LogP contribution in [-0.2, 0) is 0 Å². The van der Waals surface area contributed by atoms with Crippen molar-refractivity contribution in [2.75, 3.05) is 0 Å². The van der Waals surface area contributed by atoms with Gasteiger partial charge < -0.3 is 0 Å². The Bertz CT molecular complexity index is 440. The number of hydrogen-bond donors (Lipinski definition) is 1. The molecule has 0 atom stereocenters. The smallest absolute Gasteiger partial charge is 0.131 e. The van der Waals surface area contributed by atoms with Gasteiger partial charge in [0.25, 0.3) is 0 Å². The summed E-state index contributed by atoms with van der Waals surface area (Å²) in [6.45, 7) is 0. The van der Waals surface area contributed by atoms with Crippen LogP contribution < -0.4 is 0 Å². The van der Waals surface area contributed by atoms with Crippen molar-refractivity contribution in [1.82, 2.24) is 15.2 Å². The predicted octanol–water partition coefficient (Wildman–Crippen LogP) is 3.14. The molecule has 0 aromatic carbocycles. The van der Waals surface area contributed by atoms with Crippen LogP contribution in [0.3, 0.4) is 0 Å². The number of nitrogens with one attached hydrogen (secondary N) is 1. The lowest BCUT2D eigenvalue weighted by molar-refractivity contribution is 1.09. The van der Waals surface area contributed by atoms with Gasteiger partial charge in [0, 0.05) is 0 Å². The summed E-state index contributed by atoms with van der Waals surface area (Å²) < 4.78 is 1.57. The molecule has 0 radical (unpaired) electrons. The van der Waals surface area contributed by atoms with Gasteiger partial charge in [-0.15, -0.1) is 0 Å². The number of aromatic amines is 1. The molecule has 12 heavy (non-hydrogen) atoms. The summed E-state index contributed by atoms with van der Waals surface area (Å²) in [5.74, 6) is 0. The monoisotopic (exact) mass is 309 g/mol. The molecule has 0 aliphatic heterocycles. The number of fused-ring (bicyclic) bond motifs is 1. The lowest BCUT2D eigenvalue weighted by Gasteiger charge is -1.92. The quantitative estimate of drug-likeness (QED) is 0.760. The van der Waals surface area contributed by atoms with Crippen LogP contribution in [0.4, 0.5) is 0 Å². The van der Waals surface area contributed by atoms with Gasteiger partial charge in [-0.1, -0.05) is 11.6 Å². The normalized spacial score (nSPS) is 10.9. The highest BCUT2D eigenvalue weighted by molar-refractivity contribution is 9.11. The number of nitrogens with zero attached hydrogens (tertiary/aromatic N) is 2. The summed E-state index contributed by atoms with van der Waals surface area (Å²) in [5, 5.41) is 7.22. The number of H-pyrrole nitrogens is 1. The van der Waals surface area contributed by atoms with Gasteiger partial charge >= 0.3 is 0 Å². The molecule has 1 N–H and O–H groups in total. The van der Waals surface area contributed by atoms with Gasteiger partial charge in [-0.2, -0.15) is 5.10 Å². The van der Waals surface area contributed by atoms with Crippen molar-refractivity contribution < 1.29 is 0 Å². The van der Waals surface area contributed by atoms with E-state index in [1.54, 1.807) is 6.07 Å². The van der Waals surface area contributed by atoms with Crippen molar-refractivity contribution in [3.8, 4) is 0 Å². The average Bonchev–Trinajstić information content (AvgIpc) is 2.33. The first kappa shape index (κ1) is 8.47. The van der Waals surface area contributed by atoms with Gasteiger partial charge in [0.2, 0.25) is 0 Å². The maximum atomic E-state index is 5.75. The van der Waals surface area contributed by atoms with Crippen LogP contribution in [-0.4, -0.2) is 15.2 Å². The first-order valence-corrected chi connectivity index (χ1v) is 5.00. The average molecular weight is 311 g/mol. The lowest BCUT2D eigenvalue weighted by atomic mass is 10.4. The Morgan fingerprint density at radius 1 is 1.33 bits per heavy atom. The Kier molecular flexibility index (Phi) is 2.10. The Hall–Kier alpha value is -0.130.